The first-order valence-corrected chi connectivity index (χ1v) is 4.58. The molecule has 0 heterocycles. The van der Waals surface area contributed by atoms with E-state index in [-0.39, 0.29) is 5.41 Å². The summed E-state index contributed by atoms with van der Waals surface area (Å²) in [6.07, 6.45) is 1.44. The molecule has 0 aromatic heterocycles. The molecule has 0 unspecified atom stereocenters. The van der Waals surface area contributed by atoms with Crippen molar-refractivity contribution in [2.75, 3.05) is 0 Å². The van der Waals surface area contributed by atoms with Gasteiger partial charge in [0, 0.05) is 6.42 Å². The molecular formula is C10H16N2O. The van der Waals surface area contributed by atoms with Crippen LogP contribution in [0.2, 0.25) is 0 Å². The lowest BCUT2D eigenvalue weighted by atomic mass is 10.1. The number of nitriles is 1. The topological polar surface area (TPSA) is 56.4 Å². The van der Waals surface area contributed by atoms with Crippen LogP contribution in [-0.2, 0) is 0 Å². The third-order valence-electron chi connectivity index (χ3n) is 3.29. The predicted octanol–water partition coefficient (Wildman–Crippen LogP) is 2.41. The molecule has 0 saturated heterocycles. The van der Waals surface area contributed by atoms with E-state index < -0.39 is 0 Å². The summed E-state index contributed by atoms with van der Waals surface area (Å²) in [5, 5.41) is 20.3. The lowest BCUT2D eigenvalue weighted by molar-refractivity contribution is 0.316. The van der Waals surface area contributed by atoms with Crippen molar-refractivity contribution in [2.45, 2.75) is 33.6 Å². The summed E-state index contributed by atoms with van der Waals surface area (Å²) in [6, 6.07) is 2.20. The largest absolute Gasteiger partial charge is 0.411 e. The molecule has 0 aromatic rings. The Morgan fingerprint density at radius 2 is 2.15 bits per heavy atom. The van der Waals surface area contributed by atoms with Crippen LogP contribution in [0.1, 0.15) is 33.6 Å². The van der Waals surface area contributed by atoms with Gasteiger partial charge in [0.15, 0.2) is 0 Å². The highest BCUT2D eigenvalue weighted by Crippen LogP contribution is 2.61. The highest BCUT2D eigenvalue weighted by molar-refractivity contribution is 5.81. The van der Waals surface area contributed by atoms with Gasteiger partial charge in [-0.3, -0.25) is 0 Å². The first-order valence-electron chi connectivity index (χ1n) is 4.58. The van der Waals surface area contributed by atoms with E-state index in [9.17, 15) is 0 Å². The van der Waals surface area contributed by atoms with Gasteiger partial charge in [0.05, 0.1) is 11.8 Å². The zero-order valence-corrected chi connectivity index (χ0v) is 8.41. The standard InChI is InChI=1S/C10H16N2O/c1-7(12-13)6-9-8(4-5-11)10(9,2)3/h8-9,13H,4,6H2,1-3H3/b12-7+/t8-,9+/m1/s1. The van der Waals surface area contributed by atoms with E-state index >= 15 is 0 Å². The van der Waals surface area contributed by atoms with Crippen LogP contribution in [0.3, 0.4) is 0 Å². The van der Waals surface area contributed by atoms with Crippen molar-refractivity contribution in [2.24, 2.45) is 22.4 Å². The molecule has 0 aliphatic heterocycles. The highest BCUT2D eigenvalue weighted by Gasteiger charge is 2.56. The van der Waals surface area contributed by atoms with E-state index in [0.717, 1.165) is 12.1 Å². The molecule has 0 radical (unpaired) electrons. The Balaban J connectivity index is 2.52. The highest BCUT2D eigenvalue weighted by atomic mass is 16.4. The van der Waals surface area contributed by atoms with Crippen LogP contribution >= 0.6 is 0 Å². The molecule has 1 N–H and O–H groups in total. The maximum atomic E-state index is 8.59. The van der Waals surface area contributed by atoms with Crippen molar-refractivity contribution in [1.82, 2.24) is 0 Å². The van der Waals surface area contributed by atoms with Gasteiger partial charge in [0.1, 0.15) is 0 Å². The van der Waals surface area contributed by atoms with Gasteiger partial charge in [0.25, 0.3) is 0 Å². The van der Waals surface area contributed by atoms with E-state index in [0.29, 0.717) is 18.3 Å². The molecule has 2 atom stereocenters. The van der Waals surface area contributed by atoms with Crippen molar-refractivity contribution in [3.63, 3.8) is 0 Å². The molecule has 3 nitrogen and oxygen atoms in total. The predicted molar refractivity (Wildman–Crippen MR) is 50.5 cm³/mol. The zero-order chi connectivity index (χ0) is 10.1. The zero-order valence-electron chi connectivity index (χ0n) is 8.41. The number of hydrogen-bond acceptors (Lipinski definition) is 3. The lowest BCUT2D eigenvalue weighted by Gasteiger charge is -2.00. The summed E-state index contributed by atoms with van der Waals surface area (Å²) in [7, 11) is 0. The molecule has 0 aromatic carbocycles. The Labute approximate surface area is 79.1 Å². The molecule has 13 heavy (non-hydrogen) atoms. The molecule has 1 aliphatic carbocycles. The van der Waals surface area contributed by atoms with Gasteiger partial charge in [-0.2, -0.15) is 5.26 Å². The minimum Gasteiger partial charge on any atom is -0.411 e. The van der Waals surface area contributed by atoms with Crippen LogP contribution in [0, 0.1) is 28.6 Å². The fourth-order valence-electron chi connectivity index (χ4n) is 2.13. The van der Waals surface area contributed by atoms with Crippen LogP contribution in [0.15, 0.2) is 5.16 Å². The van der Waals surface area contributed by atoms with Crippen molar-refractivity contribution in [3.05, 3.63) is 0 Å². The average Bonchev–Trinajstić information content (AvgIpc) is 2.56. The molecule has 3 heteroatoms. The van der Waals surface area contributed by atoms with E-state index in [1.54, 1.807) is 0 Å². The van der Waals surface area contributed by atoms with E-state index in [1.807, 2.05) is 6.92 Å². The normalized spacial score (nSPS) is 31.1. The molecule has 1 aliphatic rings. The third-order valence-corrected chi connectivity index (χ3v) is 3.29. The second-order valence-electron chi connectivity index (χ2n) is 4.44. The smallest absolute Gasteiger partial charge is 0.0624 e. The van der Waals surface area contributed by atoms with Crippen LogP contribution in [0.5, 0.6) is 0 Å². The van der Waals surface area contributed by atoms with Gasteiger partial charge in [0.2, 0.25) is 0 Å². The number of rotatable bonds is 3. The monoisotopic (exact) mass is 180 g/mol. The fourth-order valence-corrected chi connectivity index (χ4v) is 2.13. The third kappa shape index (κ3) is 1.82. The first-order chi connectivity index (χ1) is 6.04. The van der Waals surface area contributed by atoms with Crippen LogP contribution in [-0.4, -0.2) is 10.9 Å². The molecular weight excluding hydrogens is 164 g/mol. The summed E-state index contributed by atoms with van der Waals surface area (Å²) in [5.41, 5.74) is 1.01. The van der Waals surface area contributed by atoms with Crippen molar-refractivity contribution in [3.8, 4) is 6.07 Å². The molecule has 1 rings (SSSR count). The summed E-state index contributed by atoms with van der Waals surface area (Å²) in [5.74, 6) is 0.997. The molecule has 0 bridgehead atoms. The maximum Gasteiger partial charge on any atom is 0.0624 e. The number of oxime groups is 1. The Kier molecular flexibility index (Phi) is 2.60. The Bertz CT molecular complexity index is 263. The number of hydrogen-bond donors (Lipinski definition) is 1. The first kappa shape index (κ1) is 10.0. The van der Waals surface area contributed by atoms with Crippen LogP contribution < -0.4 is 0 Å². The minimum atomic E-state index is 0.252. The van der Waals surface area contributed by atoms with E-state index in [4.69, 9.17) is 10.5 Å². The molecule has 0 spiro atoms. The van der Waals surface area contributed by atoms with Gasteiger partial charge in [-0.25, -0.2) is 0 Å². The second-order valence-corrected chi connectivity index (χ2v) is 4.44. The lowest BCUT2D eigenvalue weighted by Crippen LogP contribution is -1.97. The Hall–Kier alpha value is -1.04. The van der Waals surface area contributed by atoms with Gasteiger partial charge >= 0.3 is 0 Å². The molecule has 0 amide bonds. The average molecular weight is 180 g/mol. The quantitative estimate of drug-likeness (QED) is 0.412. The molecule has 72 valence electrons. The molecule has 1 saturated carbocycles. The Morgan fingerprint density at radius 3 is 2.62 bits per heavy atom. The van der Waals surface area contributed by atoms with Gasteiger partial charge in [-0.15, -0.1) is 0 Å². The maximum absolute atomic E-state index is 8.59. The Morgan fingerprint density at radius 1 is 1.54 bits per heavy atom. The van der Waals surface area contributed by atoms with Gasteiger partial charge in [-0.05, 0) is 30.6 Å². The number of nitrogens with zero attached hydrogens (tertiary/aromatic N) is 2. The van der Waals surface area contributed by atoms with Crippen molar-refractivity contribution in [1.29, 1.82) is 5.26 Å². The summed E-state index contributed by atoms with van der Waals surface area (Å²) < 4.78 is 0. The van der Waals surface area contributed by atoms with Gasteiger partial charge < -0.3 is 5.21 Å². The summed E-state index contributed by atoms with van der Waals surface area (Å²) >= 11 is 0. The van der Waals surface area contributed by atoms with Crippen molar-refractivity contribution < 1.29 is 5.21 Å². The SMILES string of the molecule is C/C(C[C@H]1[C@@H](CC#N)C1(C)C)=N\O. The minimum absolute atomic E-state index is 0.252. The van der Waals surface area contributed by atoms with Crippen molar-refractivity contribution >= 4 is 5.71 Å². The van der Waals surface area contributed by atoms with Gasteiger partial charge in [-0.1, -0.05) is 19.0 Å². The van der Waals surface area contributed by atoms with Crippen LogP contribution in [0.4, 0.5) is 0 Å². The summed E-state index contributed by atoms with van der Waals surface area (Å²) in [4.78, 5) is 0. The van der Waals surface area contributed by atoms with Crippen LogP contribution in [0.25, 0.3) is 0 Å². The molecule has 1 fully saturated rings. The van der Waals surface area contributed by atoms with E-state index in [2.05, 4.69) is 25.1 Å². The summed E-state index contributed by atoms with van der Waals surface area (Å²) in [6.45, 7) is 6.16. The second kappa shape index (κ2) is 3.37. The fraction of sp³-hybridized carbons (Fsp3) is 0.800. The van der Waals surface area contributed by atoms with E-state index in [1.165, 1.54) is 0 Å².